The maximum atomic E-state index is 10.8. The molecule has 0 amide bonds. The molecule has 0 unspecified atom stereocenters. The average Bonchev–Trinajstić information content (AvgIpc) is 2.00. The Morgan fingerprint density at radius 2 is 2.09 bits per heavy atom. The molecule has 0 saturated heterocycles. The van der Waals surface area contributed by atoms with Gasteiger partial charge < -0.3 is 4.74 Å². The Labute approximate surface area is 70.7 Å². The highest BCUT2D eigenvalue weighted by molar-refractivity contribution is 6.33. The van der Waals surface area contributed by atoms with Crippen molar-refractivity contribution in [3.05, 3.63) is 0 Å². The van der Waals surface area contributed by atoms with Crippen LogP contribution in [0.1, 0.15) is 19.8 Å². The monoisotopic (exact) mass is 178 g/mol. The van der Waals surface area contributed by atoms with Crippen molar-refractivity contribution in [3.8, 4) is 0 Å². The van der Waals surface area contributed by atoms with Gasteiger partial charge in [0, 0.05) is 12.3 Å². The zero-order valence-electron chi connectivity index (χ0n) is 6.43. The lowest BCUT2D eigenvalue weighted by molar-refractivity contribution is -0.153. The Morgan fingerprint density at radius 3 is 2.55 bits per heavy atom. The molecule has 0 aromatic rings. The van der Waals surface area contributed by atoms with Crippen molar-refractivity contribution in [1.29, 1.82) is 0 Å². The number of Topliss-reactive ketones (excluding diaryl/α,β-unsaturated/α-hetero) is 1. The first kappa shape index (κ1) is 10.4. The Kier molecular flexibility index (Phi) is 5.84. The number of halogens is 1. The highest BCUT2D eigenvalue weighted by Gasteiger charge is 2.12. The minimum atomic E-state index is -0.752. The van der Waals surface area contributed by atoms with Gasteiger partial charge in [0.1, 0.15) is 0 Å². The first-order chi connectivity index (χ1) is 5.22. The summed E-state index contributed by atoms with van der Waals surface area (Å²) in [6, 6.07) is 0. The van der Waals surface area contributed by atoms with E-state index in [-0.39, 0.29) is 13.0 Å². The first-order valence-electron chi connectivity index (χ1n) is 3.48. The number of hydrogen-bond donors (Lipinski definition) is 0. The van der Waals surface area contributed by atoms with E-state index >= 15 is 0 Å². The normalized spacial score (nSPS) is 9.27. The molecular formula is C7H11ClO3. The summed E-state index contributed by atoms with van der Waals surface area (Å²) in [4.78, 5) is 21.4. The van der Waals surface area contributed by atoms with E-state index in [0.717, 1.165) is 0 Å². The number of carbonyl (C=O) groups is 2. The maximum absolute atomic E-state index is 10.8. The van der Waals surface area contributed by atoms with Crippen LogP contribution in [0.3, 0.4) is 0 Å². The molecule has 0 aliphatic heterocycles. The summed E-state index contributed by atoms with van der Waals surface area (Å²) in [6.45, 7) is 1.90. The third kappa shape index (κ3) is 4.79. The van der Waals surface area contributed by atoms with Gasteiger partial charge in [-0.1, -0.05) is 0 Å². The van der Waals surface area contributed by atoms with Crippen LogP contribution in [0.5, 0.6) is 0 Å². The lowest BCUT2D eigenvalue weighted by atomic mass is 10.2. The topological polar surface area (TPSA) is 43.4 Å². The molecule has 0 aromatic heterocycles. The van der Waals surface area contributed by atoms with Gasteiger partial charge in [0.15, 0.2) is 0 Å². The van der Waals surface area contributed by atoms with Crippen molar-refractivity contribution in [2.75, 3.05) is 12.5 Å². The van der Waals surface area contributed by atoms with Crippen molar-refractivity contribution in [2.45, 2.75) is 19.8 Å². The molecular weight excluding hydrogens is 168 g/mol. The van der Waals surface area contributed by atoms with Crippen LogP contribution in [0.2, 0.25) is 0 Å². The second kappa shape index (κ2) is 6.16. The second-order valence-electron chi connectivity index (χ2n) is 1.94. The van der Waals surface area contributed by atoms with Crippen molar-refractivity contribution in [2.24, 2.45) is 0 Å². The molecule has 0 radical (unpaired) electrons. The molecule has 64 valence electrons. The molecule has 0 aromatic carbocycles. The number of esters is 1. The minimum Gasteiger partial charge on any atom is -0.460 e. The zero-order chi connectivity index (χ0) is 8.69. The van der Waals surface area contributed by atoms with E-state index in [2.05, 4.69) is 4.74 Å². The zero-order valence-corrected chi connectivity index (χ0v) is 7.19. The summed E-state index contributed by atoms with van der Waals surface area (Å²) in [5.74, 6) is -0.851. The molecule has 0 atom stereocenters. The van der Waals surface area contributed by atoms with Crippen molar-refractivity contribution < 1.29 is 14.3 Å². The quantitative estimate of drug-likeness (QED) is 0.360. The summed E-state index contributed by atoms with van der Waals surface area (Å²) >= 11 is 5.32. The highest BCUT2D eigenvalue weighted by Crippen LogP contribution is 1.95. The molecule has 0 aliphatic rings. The highest BCUT2D eigenvalue weighted by atomic mass is 35.5. The lowest BCUT2D eigenvalue weighted by Crippen LogP contribution is -2.16. The summed E-state index contributed by atoms with van der Waals surface area (Å²) in [7, 11) is 0. The van der Waals surface area contributed by atoms with Crippen molar-refractivity contribution in [1.82, 2.24) is 0 Å². The van der Waals surface area contributed by atoms with Crippen LogP contribution in [-0.4, -0.2) is 24.2 Å². The van der Waals surface area contributed by atoms with Gasteiger partial charge in [0.25, 0.3) is 0 Å². The summed E-state index contributed by atoms with van der Waals surface area (Å²) in [5, 5.41) is 0. The number of alkyl halides is 1. The third-order valence-corrected chi connectivity index (χ3v) is 1.31. The Bertz CT molecular complexity index is 145. The van der Waals surface area contributed by atoms with Gasteiger partial charge in [-0.15, -0.1) is 11.6 Å². The van der Waals surface area contributed by atoms with Crippen LogP contribution in [0.4, 0.5) is 0 Å². The fourth-order valence-corrected chi connectivity index (χ4v) is 0.675. The summed E-state index contributed by atoms with van der Waals surface area (Å²) in [6.07, 6.45) is 0.710. The number of rotatable bonds is 5. The smallest absolute Gasteiger partial charge is 0.374 e. The van der Waals surface area contributed by atoms with Crippen LogP contribution in [0.15, 0.2) is 0 Å². The first-order valence-corrected chi connectivity index (χ1v) is 4.01. The van der Waals surface area contributed by atoms with Crippen LogP contribution in [0, 0.1) is 0 Å². The fraction of sp³-hybridized carbons (Fsp3) is 0.714. The van der Waals surface area contributed by atoms with Crippen molar-refractivity contribution >= 4 is 23.4 Å². The molecule has 0 aliphatic carbocycles. The molecule has 0 saturated carbocycles. The fourth-order valence-electron chi connectivity index (χ4n) is 0.541. The van der Waals surface area contributed by atoms with Crippen LogP contribution in [0.25, 0.3) is 0 Å². The summed E-state index contributed by atoms with van der Waals surface area (Å²) in [5.41, 5.74) is 0. The molecule has 0 fully saturated rings. The van der Waals surface area contributed by atoms with Gasteiger partial charge in [-0.05, 0) is 13.3 Å². The Balaban J connectivity index is 3.56. The van der Waals surface area contributed by atoms with Gasteiger partial charge in [-0.25, -0.2) is 4.79 Å². The summed E-state index contributed by atoms with van der Waals surface area (Å²) < 4.78 is 4.47. The second-order valence-corrected chi connectivity index (χ2v) is 2.31. The molecule has 3 nitrogen and oxygen atoms in total. The van der Waals surface area contributed by atoms with E-state index in [1.54, 1.807) is 6.92 Å². The van der Waals surface area contributed by atoms with Gasteiger partial charge in [-0.2, -0.15) is 0 Å². The Hall–Kier alpha value is -0.570. The molecule has 0 rings (SSSR count). The Morgan fingerprint density at radius 1 is 1.45 bits per heavy atom. The van der Waals surface area contributed by atoms with Gasteiger partial charge >= 0.3 is 5.97 Å². The molecule has 4 heteroatoms. The number of ketones is 1. The van der Waals surface area contributed by atoms with E-state index in [0.29, 0.717) is 12.3 Å². The van der Waals surface area contributed by atoms with E-state index in [1.165, 1.54) is 0 Å². The lowest BCUT2D eigenvalue weighted by Gasteiger charge is -1.98. The average molecular weight is 179 g/mol. The van der Waals surface area contributed by atoms with Crippen LogP contribution < -0.4 is 0 Å². The molecule has 0 spiro atoms. The maximum Gasteiger partial charge on any atom is 0.374 e. The van der Waals surface area contributed by atoms with Gasteiger partial charge in [0.05, 0.1) is 6.61 Å². The minimum absolute atomic E-state index is 0.183. The number of carbonyl (C=O) groups excluding carboxylic acids is 2. The molecule has 0 heterocycles. The molecule has 0 N–H and O–H groups in total. The van der Waals surface area contributed by atoms with Crippen LogP contribution in [-0.2, 0) is 14.3 Å². The van der Waals surface area contributed by atoms with Gasteiger partial charge in [0.2, 0.25) is 5.78 Å². The third-order valence-electron chi connectivity index (χ3n) is 1.04. The van der Waals surface area contributed by atoms with E-state index in [9.17, 15) is 9.59 Å². The number of hydrogen-bond acceptors (Lipinski definition) is 3. The predicted octanol–water partition coefficient (Wildman–Crippen LogP) is 1.14. The van der Waals surface area contributed by atoms with Gasteiger partial charge in [-0.3, -0.25) is 4.79 Å². The SMILES string of the molecule is CCOC(=O)C(=O)CCCCl. The molecule has 0 bridgehead atoms. The van der Waals surface area contributed by atoms with E-state index < -0.39 is 11.8 Å². The van der Waals surface area contributed by atoms with Crippen LogP contribution >= 0.6 is 11.6 Å². The largest absolute Gasteiger partial charge is 0.460 e. The number of ether oxygens (including phenoxy) is 1. The van der Waals surface area contributed by atoms with Crippen molar-refractivity contribution in [3.63, 3.8) is 0 Å². The molecule has 11 heavy (non-hydrogen) atoms. The van der Waals surface area contributed by atoms with E-state index in [4.69, 9.17) is 11.6 Å². The van der Waals surface area contributed by atoms with E-state index in [1.807, 2.05) is 0 Å². The predicted molar refractivity (Wildman–Crippen MR) is 41.6 cm³/mol. The standard InChI is InChI=1S/C7H11ClO3/c1-2-11-7(10)6(9)4-3-5-8/h2-5H2,1H3.